The Morgan fingerprint density at radius 2 is 1.75 bits per heavy atom. The number of carbonyl (C=O) groups is 1. The second-order valence-corrected chi connectivity index (χ2v) is 12.6. The highest BCUT2D eigenvalue weighted by molar-refractivity contribution is 7.91. The Morgan fingerprint density at radius 3 is 2.33 bits per heavy atom. The summed E-state index contributed by atoms with van der Waals surface area (Å²) in [5, 5.41) is 3.42. The fourth-order valence-electron chi connectivity index (χ4n) is 4.44. The predicted molar refractivity (Wildman–Crippen MR) is 137 cm³/mol. The molecule has 10 heteroatoms. The van der Waals surface area contributed by atoms with Crippen LogP contribution in [0.1, 0.15) is 60.5 Å². The number of hydrogen-bond donors (Lipinski definition) is 1. The lowest BCUT2D eigenvalue weighted by atomic mass is 10.0. The monoisotopic (exact) mass is 533 g/mol. The van der Waals surface area contributed by atoms with Gasteiger partial charge in [-0.05, 0) is 29.2 Å². The second kappa shape index (κ2) is 10.7. The van der Waals surface area contributed by atoms with Crippen LogP contribution in [-0.2, 0) is 34.1 Å². The van der Waals surface area contributed by atoms with Crippen LogP contribution >= 0.6 is 11.3 Å². The van der Waals surface area contributed by atoms with E-state index in [1.54, 1.807) is 31.2 Å². The first-order valence-electron chi connectivity index (χ1n) is 11.8. The van der Waals surface area contributed by atoms with Crippen LogP contribution in [0.3, 0.4) is 0 Å². The topological polar surface area (TPSA) is 79.4 Å². The van der Waals surface area contributed by atoms with Crippen LogP contribution in [0.15, 0.2) is 53.4 Å². The lowest BCUT2D eigenvalue weighted by Gasteiger charge is -2.27. The molecule has 1 N–H and O–H groups in total. The van der Waals surface area contributed by atoms with Gasteiger partial charge in [0.2, 0.25) is 5.91 Å². The van der Waals surface area contributed by atoms with Crippen LogP contribution in [0.25, 0.3) is 0 Å². The molecule has 0 radical (unpaired) electrons. The highest BCUT2D eigenvalue weighted by atomic mass is 32.2. The molecule has 0 spiro atoms. The number of fused-ring (bicyclic) bond motifs is 1. The van der Waals surface area contributed by atoms with Crippen molar-refractivity contribution in [1.29, 1.82) is 0 Å². The summed E-state index contributed by atoms with van der Waals surface area (Å²) in [6, 6.07) is 12.9. The molecule has 4 rings (SSSR count). The maximum Gasteiger partial charge on any atom is 0.263 e. The van der Waals surface area contributed by atoms with Gasteiger partial charge in [-0.3, -0.25) is 9.69 Å². The van der Waals surface area contributed by atoms with Gasteiger partial charge in [0.15, 0.2) is 15.0 Å². The van der Waals surface area contributed by atoms with Crippen molar-refractivity contribution in [2.24, 2.45) is 5.92 Å². The van der Waals surface area contributed by atoms with E-state index in [1.165, 1.54) is 35.6 Å². The van der Waals surface area contributed by atoms with Crippen molar-refractivity contribution in [3.05, 3.63) is 75.8 Å². The van der Waals surface area contributed by atoms with E-state index in [1.807, 2.05) is 0 Å². The van der Waals surface area contributed by atoms with E-state index in [2.05, 4.69) is 24.1 Å². The number of thiazole rings is 1. The molecule has 0 unspecified atom stereocenters. The van der Waals surface area contributed by atoms with E-state index in [0.29, 0.717) is 18.2 Å². The molecule has 1 amide bonds. The van der Waals surface area contributed by atoms with Crippen molar-refractivity contribution in [2.45, 2.75) is 57.6 Å². The number of halogens is 2. The van der Waals surface area contributed by atoms with Crippen molar-refractivity contribution >= 4 is 32.2 Å². The first kappa shape index (κ1) is 26.4. The normalized spacial score (nSPS) is 16.0. The highest BCUT2D eigenvalue weighted by Crippen LogP contribution is 2.43. The van der Waals surface area contributed by atoms with Crippen molar-refractivity contribution < 1.29 is 22.0 Å². The Morgan fingerprint density at radius 1 is 1.11 bits per heavy atom. The van der Waals surface area contributed by atoms with Gasteiger partial charge in [0.05, 0.1) is 28.8 Å². The van der Waals surface area contributed by atoms with Gasteiger partial charge in [-0.1, -0.05) is 57.2 Å². The Kier molecular flexibility index (Phi) is 7.87. The Balaban J connectivity index is 1.41. The Labute approximate surface area is 214 Å². The quantitative estimate of drug-likeness (QED) is 0.378. The standard InChI is InChI=1S/C26H29F2N3O3S2/c1-4-36(33,34)20-11-7-17(8-12-20)13-22(32)29-26-30-23-21(35-26)15-31(24(23)16(2)3)14-18-5-9-19(10-6-18)25(27)28/h5-12,16,24-25H,4,13-15H2,1-3H3,(H,29,30,32)/t24-/m0/s1. The third-order valence-corrected chi connectivity index (χ3v) is 8.99. The molecule has 192 valence electrons. The predicted octanol–water partition coefficient (Wildman–Crippen LogP) is 5.77. The number of rotatable bonds is 9. The number of amides is 1. The number of aromatic nitrogens is 1. The Bertz CT molecular complexity index is 1320. The molecule has 2 aromatic carbocycles. The molecule has 36 heavy (non-hydrogen) atoms. The van der Waals surface area contributed by atoms with Crippen molar-refractivity contribution in [1.82, 2.24) is 9.88 Å². The zero-order chi connectivity index (χ0) is 26.0. The Hall–Kier alpha value is -2.69. The number of sulfone groups is 1. The van der Waals surface area contributed by atoms with Crippen LogP contribution in [0.5, 0.6) is 0 Å². The van der Waals surface area contributed by atoms with Crippen molar-refractivity contribution in [2.75, 3.05) is 11.1 Å². The van der Waals surface area contributed by atoms with Gasteiger partial charge in [-0.2, -0.15) is 0 Å². The molecule has 1 aliphatic heterocycles. The molecular formula is C26H29F2N3O3S2. The largest absolute Gasteiger partial charge is 0.302 e. The maximum atomic E-state index is 12.9. The van der Waals surface area contributed by atoms with Gasteiger partial charge >= 0.3 is 0 Å². The lowest BCUT2D eigenvalue weighted by molar-refractivity contribution is -0.115. The minimum atomic E-state index is -3.28. The van der Waals surface area contributed by atoms with Crippen LogP contribution in [0.2, 0.25) is 0 Å². The molecule has 2 heterocycles. The fourth-order valence-corrected chi connectivity index (χ4v) is 6.37. The van der Waals surface area contributed by atoms with Gasteiger partial charge in [0.25, 0.3) is 6.43 Å². The molecular weight excluding hydrogens is 504 g/mol. The first-order valence-corrected chi connectivity index (χ1v) is 14.3. The SMILES string of the molecule is CCS(=O)(=O)c1ccc(CC(=O)Nc2nc3c(s2)CN(Cc2ccc(C(F)F)cc2)[C@H]3C(C)C)cc1. The number of alkyl halides is 2. The summed E-state index contributed by atoms with van der Waals surface area (Å²) in [6.45, 7) is 7.13. The summed E-state index contributed by atoms with van der Waals surface area (Å²) in [5.41, 5.74) is 2.65. The number of nitrogens with one attached hydrogen (secondary N) is 1. The van der Waals surface area contributed by atoms with E-state index in [-0.39, 0.29) is 40.5 Å². The minimum absolute atomic E-state index is 0.0173. The van der Waals surface area contributed by atoms with E-state index in [4.69, 9.17) is 4.98 Å². The molecule has 0 bridgehead atoms. The number of nitrogens with zero attached hydrogens (tertiary/aromatic N) is 2. The average Bonchev–Trinajstić information content (AvgIpc) is 3.35. The van der Waals surface area contributed by atoms with Crippen LogP contribution in [0.4, 0.5) is 13.9 Å². The first-order chi connectivity index (χ1) is 17.1. The third-order valence-electron chi connectivity index (χ3n) is 6.27. The van der Waals surface area contributed by atoms with E-state index in [9.17, 15) is 22.0 Å². The fraction of sp³-hybridized carbons (Fsp3) is 0.385. The molecule has 6 nitrogen and oxygen atoms in total. The summed E-state index contributed by atoms with van der Waals surface area (Å²) in [4.78, 5) is 21.0. The smallest absolute Gasteiger partial charge is 0.263 e. The highest BCUT2D eigenvalue weighted by Gasteiger charge is 2.36. The molecule has 1 aliphatic rings. The average molecular weight is 534 g/mol. The summed E-state index contributed by atoms with van der Waals surface area (Å²) in [5.74, 6) is 0.0853. The summed E-state index contributed by atoms with van der Waals surface area (Å²) in [6.07, 6.45) is -2.36. The molecule has 0 fully saturated rings. The van der Waals surface area contributed by atoms with E-state index >= 15 is 0 Å². The molecule has 0 saturated heterocycles. The third kappa shape index (κ3) is 5.82. The molecule has 1 aromatic heterocycles. The van der Waals surface area contributed by atoms with E-state index < -0.39 is 16.3 Å². The lowest BCUT2D eigenvalue weighted by Crippen LogP contribution is -2.26. The van der Waals surface area contributed by atoms with Gasteiger partial charge in [-0.25, -0.2) is 22.2 Å². The number of hydrogen-bond acceptors (Lipinski definition) is 6. The number of anilines is 1. The summed E-state index contributed by atoms with van der Waals surface area (Å²) < 4.78 is 49.7. The molecule has 0 saturated carbocycles. The van der Waals surface area contributed by atoms with Gasteiger partial charge in [0, 0.05) is 23.5 Å². The zero-order valence-corrected chi connectivity index (χ0v) is 22.0. The number of carbonyl (C=O) groups excluding carboxylic acids is 1. The van der Waals surface area contributed by atoms with Gasteiger partial charge in [0.1, 0.15) is 0 Å². The minimum Gasteiger partial charge on any atom is -0.302 e. The second-order valence-electron chi connectivity index (χ2n) is 9.24. The molecule has 0 aliphatic carbocycles. The zero-order valence-electron chi connectivity index (χ0n) is 20.4. The van der Waals surface area contributed by atoms with Crippen LogP contribution in [0, 0.1) is 5.92 Å². The maximum absolute atomic E-state index is 12.9. The summed E-state index contributed by atoms with van der Waals surface area (Å²) >= 11 is 1.45. The van der Waals surface area contributed by atoms with Crippen molar-refractivity contribution in [3.63, 3.8) is 0 Å². The van der Waals surface area contributed by atoms with Gasteiger partial charge in [-0.15, -0.1) is 11.3 Å². The van der Waals surface area contributed by atoms with E-state index in [0.717, 1.165) is 21.7 Å². The summed E-state index contributed by atoms with van der Waals surface area (Å²) in [7, 11) is -3.28. The molecule has 3 aromatic rings. The van der Waals surface area contributed by atoms with Gasteiger partial charge < -0.3 is 5.32 Å². The van der Waals surface area contributed by atoms with Crippen LogP contribution in [-0.4, -0.2) is 30.0 Å². The molecule has 1 atom stereocenters. The number of benzene rings is 2. The van der Waals surface area contributed by atoms with Crippen molar-refractivity contribution in [3.8, 4) is 0 Å². The van der Waals surface area contributed by atoms with Crippen LogP contribution < -0.4 is 5.32 Å².